The Kier molecular flexibility index (Phi) is 5.06. The number of halogens is 1. The standard InChI is InChI=1S/C15H24ClN3/c1-11(2)13-4-6-19(7-5-13)15-14(16)8-12(9-17-3)10-18-15/h8,10-11,13,17H,4-7,9H2,1-3H3. The molecule has 0 aliphatic carbocycles. The minimum atomic E-state index is 0.774. The lowest BCUT2D eigenvalue weighted by molar-refractivity contribution is 0.310. The fourth-order valence-corrected chi connectivity index (χ4v) is 3.09. The summed E-state index contributed by atoms with van der Waals surface area (Å²) < 4.78 is 0. The van der Waals surface area contributed by atoms with Crippen molar-refractivity contribution >= 4 is 17.4 Å². The van der Waals surface area contributed by atoms with Gasteiger partial charge < -0.3 is 10.2 Å². The van der Waals surface area contributed by atoms with Gasteiger partial charge in [-0.25, -0.2) is 4.98 Å². The second kappa shape index (κ2) is 6.58. The number of anilines is 1. The highest BCUT2D eigenvalue weighted by atomic mass is 35.5. The first-order chi connectivity index (χ1) is 9.11. The number of nitrogens with one attached hydrogen (secondary N) is 1. The van der Waals surface area contributed by atoms with Gasteiger partial charge in [0.1, 0.15) is 5.82 Å². The largest absolute Gasteiger partial charge is 0.355 e. The van der Waals surface area contributed by atoms with E-state index in [9.17, 15) is 0 Å². The topological polar surface area (TPSA) is 28.2 Å². The van der Waals surface area contributed by atoms with Crippen molar-refractivity contribution in [3.63, 3.8) is 0 Å². The lowest BCUT2D eigenvalue weighted by Gasteiger charge is -2.35. The van der Waals surface area contributed by atoms with E-state index in [4.69, 9.17) is 11.6 Å². The first-order valence-electron chi connectivity index (χ1n) is 7.15. The van der Waals surface area contributed by atoms with E-state index in [1.54, 1.807) is 0 Å². The Morgan fingerprint density at radius 3 is 2.63 bits per heavy atom. The van der Waals surface area contributed by atoms with Crippen LogP contribution in [-0.4, -0.2) is 25.1 Å². The molecule has 0 amide bonds. The van der Waals surface area contributed by atoms with Crippen LogP contribution in [0.2, 0.25) is 5.02 Å². The Morgan fingerprint density at radius 1 is 1.42 bits per heavy atom. The monoisotopic (exact) mass is 281 g/mol. The molecule has 1 saturated heterocycles. The summed E-state index contributed by atoms with van der Waals surface area (Å²) in [4.78, 5) is 6.87. The van der Waals surface area contributed by atoms with Crippen molar-refractivity contribution in [1.82, 2.24) is 10.3 Å². The SMILES string of the molecule is CNCc1cnc(N2CCC(C(C)C)CC2)c(Cl)c1. The highest BCUT2D eigenvalue weighted by Crippen LogP contribution is 2.30. The summed E-state index contributed by atoms with van der Waals surface area (Å²) in [7, 11) is 1.93. The van der Waals surface area contributed by atoms with Crippen LogP contribution >= 0.6 is 11.6 Å². The predicted octanol–water partition coefficient (Wildman–Crippen LogP) is 3.33. The maximum absolute atomic E-state index is 6.37. The highest BCUT2D eigenvalue weighted by Gasteiger charge is 2.23. The zero-order valence-electron chi connectivity index (χ0n) is 12.1. The number of aromatic nitrogens is 1. The van der Waals surface area contributed by atoms with Gasteiger partial charge in [-0.2, -0.15) is 0 Å². The molecule has 0 aromatic carbocycles. The molecule has 1 fully saturated rings. The van der Waals surface area contributed by atoms with Crippen LogP contribution in [0.4, 0.5) is 5.82 Å². The number of hydrogen-bond donors (Lipinski definition) is 1. The molecule has 0 spiro atoms. The van der Waals surface area contributed by atoms with Gasteiger partial charge in [-0.05, 0) is 43.4 Å². The molecule has 19 heavy (non-hydrogen) atoms. The molecule has 1 aliphatic heterocycles. The van der Waals surface area contributed by atoms with Crippen molar-refractivity contribution < 1.29 is 0 Å². The van der Waals surface area contributed by atoms with Crippen LogP contribution in [0.5, 0.6) is 0 Å². The Balaban J connectivity index is 2.03. The van der Waals surface area contributed by atoms with E-state index in [0.29, 0.717) is 0 Å². The molecule has 1 aliphatic rings. The Bertz CT molecular complexity index is 412. The minimum absolute atomic E-state index is 0.774. The third-order valence-electron chi connectivity index (χ3n) is 4.04. The quantitative estimate of drug-likeness (QED) is 0.918. The summed E-state index contributed by atoms with van der Waals surface area (Å²) in [6.45, 7) is 7.58. The summed E-state index contributed by atoms with van der Waals surface area (Å²) in [6.07, 6.45) is 4.41. The normalized spacial score (nSPS) is 17.2. The fourth-order valence-electron chi connectivity index (χ4n) is 2.78. The maximum Gasteiger partial charge on any atom is 0.147 e. The first-order valence-corrected chi connectivity index (χ1v) is 7.53. The molecule has 4 heteroatoms. The van der Waals surface area contributed by atoms with E-state index in [2.05, 4.69) is 29.0 Å². The molecule has 3 nitrogen and oxygen atoms in total. The zero-order chi connectivity index (χ0) is 13.8. The van der Waals surface area contributed by atoms with Gasteiger partial charge in [0.05, 0.1) is 5.02 Å². The molecule has 2 rings (SSSR count). The van der Waals surface area contributed by atoms with Crippen LogP contribution in [0.15, 0.2) is 12.3 Å². The highest BCUT2D eigenvalue weighted by molar-refractivity contribution is 6.33. The average molecular weight is 282 g/mol. The molecule has 0 saturated carbocycles. The Hall–Kier alpha value is -0.800. The van der Waals surface area contributed by atoms with Gasteiger partial charge in [0.2, 0.25) is 0 Å². The van der Waals surface area contributed by atoms with Crippen LogP contribution in [0, 0.1) is 11.8 Å². The third-order valence-corrected chi connectivity index (χ3v) is 4.32. The molecule has 0 radical (unpaired) electrons. The third kappa shape index (κ3) is 3.61. The van der Waals surface area contributed by atoms with Gasteiger partial charge in [-0.1, -0.05) is 25.4 Å². The molecule has 0 atom stereocenters. The van der Waals surface area contributed by atoms with E-state index < -0.39 is 0 Å². The van der Waals surface area contributed by atoms with Crippen LogP contribution in [0.1, 0.15) is 32.3 Å². The van der Waals surface area contributed by atoms with E-state index in [1.165, 1.54) is 12.8 Å². The van der Waals surface area contributed by atoms with Crippen molar-refractivity contribution in [2.75, 3.05) is 25.0 Å². The lowest BCUT2D eigenvalue weighted by Crippen LogP contribution is -2.35. The van der Waals surface area contributed by atoms with E-state index in [1.807, 2.05) is 19.3 Å². The van der Waals surface area contributed by atoms with Crippen LogP contribution < -0.4 is 10.2 Å². The summed E-state index contributed by atoms with van der Waals surface area (Å²) in [5, 5.41) is 3.89. The van der Waals surface area contributed by atoms with Crippen LogP contribution in [0.3, 0.4) is 0 Å². The fraction of sp³-hybridized carbons (Fsp3) is 0.667. The summed E-state index contributed by atoms with van der Waals surface area (Å²) in [6, 6.07) is 2.02. The molecular formula is C15H24ClN3. The maximum atomic E-state index is 6.37. The predicted molar refractivity (Wildman–Crippen MR) is 81.8 cm³/mol. The van der Waals surface area contributed by atoms with Crippen molar-refractivity contribution in [2.24, 2.45) is 11.8 Å². The number of nitrogens with zero attached hydrogens (tertiary/aromatic N) is 2. The van der Waals surface area contributed by atoms with Crippen molar-refractivity contribution in [1.29, 1.82) is 0 Å². The van der Waals surface area contributed by atoms with E-state index >= 15 is 0 Å². The lowest BCUT2D eigenvalue weighted by atomic mass is 9.87. The molecule has 2 heterocycles. The van der Waals surface area contributed by atoms with Gasteiger partial charge in [-0.3, -0.25) is 0 Å². The molecule has 0 unspecified atom stereocenters. The van der Waals surface area contributed by atoms with Gasteiger partial charge in [0, 0.05) is 25.8 Å². The minimum Gasteiger partial charge on any atom is -0.355 e. The summed E-state index contributed by atoms with van der Waals surface area (Å²) in [5.41, 5.74) is 1.13. The molecule has 1 N–H and O–H groups in total. The second-order valence-corrected chi connectivity index (χ2v) is 6.16. The van der Waals surface area contributed by atoms with Gasteiger partial charge >= 0.3 is 0 Å². The van der Waals surface area contributed by atoms with Gasteiger partial charge in [0.15, 0.2) is 0 Å². The summed E-state index contributed by atoms with van der Waals surface area (Å²) >= 11 is 6.37. The zero-order valence-corrected chi connectivity index (χ0v) is 12.9. The molecule has 0 bridgehead atoms. The van der Waals surface area contributed by atoms with E-state index in [-0.39, 0.29) is 0 Å². The van der Waals surface area contributed by atoms with Crippen molar-refractivity contribution in [3.05, 3.63) is 22.8 Å². The van der Waals surface area contributed by atoms with Gasteiger partial charge in [-0.15, -0.1) is 0 Å². The number of piperidine rings is 1. The molecule has 1 aromatic rings. The number of hydrogen-bond acceptors (Lipinski definition) is 3. The van der Waals surface area contributed by atoms with Gasteiger partial charge in [0.25, 0.3) is 0 Å². The molecule has 106 valence electrons. The summed E-state index contributed by atoms with van der Waals surface area (Å²) in [5.74, 6) is 2.57. The number of rotatable bonds is 4. The Labute approximate surface area is 121 Å². The molecular weight excluding hydrogens is 258 g/mol. The van der Waals surface area contributed by atoms with Crippen molar-refractivity contribution in [3.8, 4) is 0 Å². The number of pyridine rings is 1. The van der Waals surface area contributed by atoms with Crippen molar-refractivity contribution in [2.45, 2.75) is 33.2 Å². The van der Waals surface area contributed by atoms with Crippen LogP contribution in [0.25, 0.3) is 0 Å². The van der Waals surface area contributed by atoms with E-state index in [0.717, 1.165) is 47.9 Å². The molecule has 1 aromatic heterocycles. The van der Waals surface area contributed by atoms with Crippen LogP contribution in [-0.2, 0) is 6.54 Å². The smallest absolute Gasteiger partial charge is 0.147 e. The Morgan fingerprint density at radius 2 is 2.11 bits per heavy atom. The second-order valence-electron chi connectivity index (χ2n) is 5.75. The first kappa shape index (κ1) is 14.6. The average Bonchev–Trinajstić information content (AvgIpc) is 2.39.